The largest absolute Gasteiger partial charge is 0.478 e. The van der Waals surface area contributed by atoms with Crippen LogP contribution in [0.1, 0.15) is 19.4 Å². The third-order valence-corrected chi connectivity index (χ3v) is 2.58. The summed E-state index contributed by atoms with van der Waals surface area (Å²) in [5.74, 6) is -1.01. The number of amides is 1. The molecule has 0 aromatic heterocycles. The van der Waals surface area contributed by atoms with E-state index in [1.54, 1.807) is 0 Å². The first kappa shape index (κ1) is 15.8. The fourth-order valence-corrected chi connectivity index (χ4v) is 1.68. The maximum Gasteiger partial charge on any atom is 0.328 e. The second-order valence-electron chi connectivity index (χ2n) is 4.84. The molecule has 0 saturated carbocycles. The SMILES string of the molecule is CC(C)NC(=O)CN(C)c1ccc(C=CC(=O)O)cc1. The second-order valence-corrected chi connectivity index (χ2v) is 4.84. The normalized spacial score (nSPS) is 10.8. The van der Waals surface area contributed by atoms with Gasteiger partial charge in [-0.1, -0.05) is 12.1 Å². The fourth-order valence-electron chi connectivity index (χ4n) is 1.68. The summed E-state index contributed by atoms with van der Waals surface area (Å²) in [5, 5.41) is 11.4. The van der Waals surface area contributed by atoms with Crippen molar-refractivity contribution in [1.29, 1.82) is 0 Å². The first-order chi connectivity index (χ1) is 9.38. The summed E-state index contributed by atoms with van der Waals surface area (Å²) >= 11 is 0. The molecule has 5 heteroatoms. The van der Waals surface area contributed by atoms with Crippen LogP contribution in [0.2, 0.25) is 0 Å². The number of nitrogens with zero attached hydrogens (tertiary/aromatic N) is 1. The number of carboxylic acid groups (broad SMARTS) is 1. The van der Waals surface area contributed by atoms with Crippen LogP contribution in [0.4, 0.5) is 5.69 Å². The van der Waals surface area contributed by atoms with Crippen molar-refractivity contribution in [3.63, 3.8) is 0 Å². The second kappa shape index (κ2) is 7.33. The van der Waals surface area contributed by atoms with Gasteiger partial charge in [0.1, 0.15) is 0 Å². The number of anilines is 1. The van der Waals surface area contributed by atoms with Crippen molar-refractivity contribution in [2.24, 2.45) is 0 Å². The Morgan fingerprint density at radius 2 is 1.90 bits per heavy atom. The van der Waals surface area contributed by atoms with E-state index in [2.05, 4.69) is 5.32 Å². The molecule has 20 heavy (non-hydrogen) atoms. The average molecular weight is 276 g/mol. The molecule has 1 aromatic rings. The molecule has 0 saturated heterocycles. The molecule has 0 spiro atoms. The summed E-state index contributed by atoms with van der Waals surface area (Å²) in [5.41, 5.74) is 1.70. The summed E-state index contributed by atoms with van der Waals surface area (Å²) in [4.78, 5) is 23.9. The van der Waals surface area contributed by atoms with Crippen LogP contribution in [0.3, 0.4) is 0 Å². The number of likely N-dealkylation sites (N-methyl/N-ethyl adjacent to an activating group) is 1. The first-order valence-electron chi connectivity index (χ1n) is 6.40. The highest BCUT2D eigenvalue weighted by atomic mass is 16.4. The molecular weight excluding hydrogens is 256 g/mol. The number of hydrogen-bond donors (Lipinski definition) is 2. The van der Waals surface area contributed by atoms with Gasteiger partial charge in [-0.2, -0.15) is 0 Å². The van der Waals surface area contributed by atoms with E-state index >= 15 is 0 Å². The zero-order chi connectivity index (χ0) is 15.1. The van der Waals surface area contributed by atoms with E-state index in [4.69, 9.17) is 5.11 Å². The van der Waals surface area contributed by atoms with Crippen LogP contribution in [0.15, 0.2) is 30.3 Å². The number of carboxylic acids is 1. The third kappa shape index (κ3) is 5.56. The Hall–Kier alpha value is -2.30. The monoisotopic (exact) mass is 276 g/mol. The van der Waals surface area contributed by atoms with E-state index in [0.29, 0.717) is 0 Å². The molecular formula is C15H20N2O3. The van der Waals surface area contributed by atoms with Gasteiger partial charge in [-0.25, -0.2) is 4.79 Å². The van der Waals surface area contributed by atoms with E-state index in [9.17, 15) is 9.59 Å². The predicted octanol–water partition coefficient (Wildman–Crippen LogP) is 1.75. The van der Waals surface area contributed by atoms with Crippen LogP contribution >= 0.6 is 0 Å². The lowest BCUT2D eigenvalue weighted by atomic mass is 10.2. The van der Waals surface area contributed by atoms with Crippen LogP contribution in [0.25, 0.3) is 6.08 Å². The first-order valence-corrected chi connectivity index (χ1v) is 6.40. The molecule has 108 valence electrons. The smallest absolute Gasteiger partial charge is 0.328 e. The van der Waals surface area contributed by atoms with E-state index in [0.717, 1.165) is 17.3 Å². The third-order valence-electron chi connectivity index (χ3n) is 2.58. The number of carbonyl (C=O) groups excluding carboxylic acids is 1. The molecule has 5 nitrogen and oxygen atoms in total. The molecule has 0 heterocycles. The Morgan fingerprint density at radius 3 is 2.40 bits per heavy atom. The number of hydrogen-bond acceptors (Lipinski definition) is 3. The van der Waals surface area contributed by atoms with E-state index < -0.39 is 5.97 Å². The lowest BCUT2D eigenvalue weighted by Crippen LogP contribution is -2.38. The van der Waals surface area contributed by atoms with Gasteiger partial charge in [0, 0.05) is 24.9 Å². The maximum atomic E-state index is 11.7. The molecule has 0 aliphatic rings. The maximum absolute atomic E-state index is 11.7. The molecule has 0 fully saturated rings. The van der Waals surface area contributed by atoms with Crippen molar-refractivity contribution in [3.8, 4) is 0 Å². The number of nitrogens with one attached hydrogen (secondary N) is 1. The Bertz CT molecular complexity index is 492. The molecule has 2 N–H and O–H groups in total. The van der Waals surface area contributed by atoms with Gasteiger partial charge in [0.25, 0.3) is 0 Å². The highest BCUT2D eigenvalue weighted by molar-refractivity contribution is 5.85. The quantitative estimate of drug-likeness (QED) is 0.777. The van der Waals surface area contributed by atoms with Gasteiger partial charge in [-0.15, -0.1) is 0 Å². The Kier molecular flexibility index (Phi) is 5.77. The number of aliphatic carboxylic acids is 1. The lowest BCUT2D eigenvalue weighted by molar-refractivity contribution is -0.131. The fraction of sp³-hybridized carbons (Fsp3) is 0.333. The standard InChI is InChI=1S/C15H20N2O3/c1-11(2)16-14(18)10-17(3)13-7-4-12(5-8-13)6-9-15(19)20/h4-9,11H,10H2,1-3H3,(H,16,18)(H,19,20). The van der Waals surface area contributed by atoms with Crippen molar-refractivity contribution < 1.29 is 14.7 Å². The van der Waals surface area contributed by atoms with Gasteiger partial charge in [0.05, 0.1) is 6.54 Å². The lowest BCUT2D eigenvalue weighted by Gasteiger charge is -2.19. The summed E-state index contributed by atoms with van der Waals surface area (Å²) < 4.78 is 0. The summed E-state index contributed by atoms with van der Waals surface area (Å²) in [6.07, 6.45) is 2.62. The minimum Gasteiger partial charge on any atom is -0.478 e. The molecule has 0 bridgehead atoms. The molecule has 0 aliphatic heterocycles. The van der Waals surface area contributed by atoms with Crippen molar-refractivity contribution in [2.75, 3.05) is 18.5 Å². The Morgan fingerprint density at radius 1 is 1.30 bits per heavy atom. The van der Waals surface area contributed by atoms with Crippen LogP contribution in [0, 0.1) is 0 Å². The van der Waals surface area contributed by atoms with Crippen molar-refractivity contribution >= 4 is 23.6 Å². The average Bonchev–Trinajstić information content (AvgIpc) is 2.35. The highest BCUT2D eigenvalue weighted by Crippen LogP contribution is 2.14. The Labute approximate surface area is 118 Å². The summed E-state index contributed by atoms with van der Waals surface area (Å²) in [6.45, 7) is 4.12. The molecule has 1 rings (SSSR count). The van der Waals surface area contributed by atoms with E-state index in [-0.39, 0.29) is 18.5 Å². The molecule has 0 radical (unpaired) electrons. The minimum absolute atomic E-state index is 0.0302. The van der Waals surface area contributed by atoms with Gasteiger partial charge < -0.3 is 15.3 Å². The molecule has 1 amide bonds. The van der Waals surface area contributed by atoms with Crippen LogP contribution in [-0.2, 0) is 9.59 Å². The molecule has 0 aliphatic carbocycles. The summed E-state index contributed by atoms with van der Waals surface area (Å²) in [7, 11) is 1.84. The van der Waals surface area contributed by atoms with Gasteiger partial charge >= 0.3 is 5.97 Å². The number of carbonyl (C=O) groups is 2. The number of rotatable bonds is 6. The molecule has 0 atom stereocenters. The summed E-state index contributed by atoms with van der Waals surface area (Å²) in [6, 6.07) is 7.45. The van der Waals surface area contributed by atoms with Crippen LogP contribution in [0.5, 0.6) is 0 Å². The molecule has 1 aromatic carbocycles. The van der Waals surface area contributed by atoms with E-state index in [1.165, 1.54) is 6.08 Å². The number of benzene rings is 1. The zero-order valence-corrected chi connectivity index (χ0v) is 12.0. The predicted molar refractivity (Wildman–Crippen MR) is 79.7 cm³/mol. The van der Waals surface area contributed by atoms with Gasteiger partial charge in [-0.05, 0) is 37.6 Å². The Balaban J connectivity index is 2.63. The van der Waals surface area contributed by atoms with Crippen LogP contribution in [-0.4, -0.2) is 36.6 Å². The van der Waals surface area contributed by atoms with E-state index in [1.807, 2.05) is 50.1 Å². The van der Waals surface area contributed by atoms with Crippen molar-refractivity contribution in [2.45, 2.75) is 19.9 Å². The van der Waals surface area contributed by atoms with Crippen LogP contribution < -0.4 is 10.2 Å². The molecule has 0 unspecified atom stereocenters. The van der Waals surface area contributed by atoms with Gasteiger partial charge in [0.15, 0.2) is 0 Å². The topological polar surface area (TPSA) is 69.6 Å². The highest BCUT2D eigenvalue weighted by Gasteiger charge is 2.08. The van der Waals surface area contributed by atoms with Gasteiger partial charge in [0.2, 0.25) is 5.91 Å². The van der Waals surface area contributed by atoms with Gasteiger partial charge in [-0.3, -0.25) is 4.79 Å². The van der Waals surface area contributed by atoms with Crippen molar-refractivity contribution in [1.82, 2.24) is 5.32 Å². The van der Waals surface area contributed by atoms with Crippen molar-refractivity contribution in [3.05, 3.63) is 35.9 Å². The zero-order valence-electron chi connectivity index (χ0n) is 12.0. The minimum atomic E-state index is -0.975.